The van der Waals surface area contributed by atoms with Gasteiger partial charge in [0.1, 0.15) is 0 Å². The number of hydrogen-bond acceptors (Lipinski definition) is 3. The highest BCUT2D eigenvalue weighted by atomic mass is 15.2. The maximum atomic E-state index is 3.37. The molecule has 1 aromatic rings. The fourth-order valence-corrected chi connectivity index (χ4v) is 3.29. The molecule has 118 valence electrons. The molecule has 1 unspecified atom stereocenters. The van der Waals surface area contributed by atoms with Crippen LogP contribution in [0.5, 0.6) is 0 Å². The van der Waals surface area contributed by atoms with Gasteiger partial charge in [-0.25, -0.2) is 0 Å². The largest absolute Gasteiger partial charge is 0.313 e. The topological polar surface area (TPSA) is 18.5 Å². The molecular weight excluding hydrogens is 258 g/mol. The molecule has 1 aliphatic heterocycles. The van der Waals surface area contributed by atoms with Crippen LogP contribution in [0.15, 0.2) is 24.3 Å². The maximum Gasteiger partial charge on any atom is 0.0231 e. The number of hydrogen-bond donors (Lipinski definition) is 1. The molecule has 1 N–H and O–H groups in total. The summed E-state index contributed by atoms with van der Waals surface area (Å²) in [6, 6.07) is 9.80. The summed E-state index contributed by atoms with van der Waals surface area (Å²) in [7, 11) is 2.25. The standard InChI is InChI=1S/C18H31N3/c1-4-19-13-16-8-10-17(11-9-16)14-20(3)15-18-7-6-12-21(18)5-2/h8-11,18-19H,4-7,12-15H2,1-3H3. The van der Waals surface area contributed by atoms with Crippen molar-refractivity contribution in [3.8, 4) is 0 Å². The first kappa shape index (κ1) is 16.5. The molecule has 0 aliphatic carbocycles. The molecule has 1 aromatic carbocycles. The Labute approximate surface area is 130 Å². The van der Waals surface area contributed by atoms with Crippen LogP contribution in [-0.2, 0) is 13.1 Å². The summed E-state index contributed by atoms with van der Waals surface area (Å²) in [5, 5.41) is 3.37. The van der Waals surface area contributed by atoms with Gasteiger partial charge in [-0.3, -0.25) is 4.90 Å². The van der Waals surface area contributed by atoms with Crippen molar-refractivity contribution < 1.29 is 0 Å². The van der Waals surface area contributed by atoms with Crippen LogP contribution in [0.25, 0.3) is 0 Å². The highest BCUT2D eigenvalue weighted by molar-refractivity contribution is 5.22. The molecule has 0 saturated carbocycles. The van der Waals surface area contributed by atoms with Crippen LogP contribution in [0, 0.1) is 0 Å². The molecule has 0 spiro atoms. The zero-order chi connectivity index (χ0) is 15.1. The second-order valence-corrected chi connectivity index (χ2v) is 6.22. The lowest BCUT2D eigenvalue weighted by Crippen LogP contribution is -2.38. The normalized spacial score (nSPS) is 19.5. The van der Waals surface area contributed by atoms with E-state index in [0.717, 1.165) is 25.7 Å². The first-order valence-corrected chi connectivity index (χ1v) is 8.44. The first-order valence-electron chi connectivity index (χ1n) is 8.44. The molecule has 1 aliphatic rings. The fraction of sp³-hybridized carbons (Fsp3) is 0.667. The third-order valence-corrected chi connectivity index (χ3v) is 4.48. The molecule has 1 fully saturated rings. The Bertz CT molecular complexity index is 401. The molecule has 3 heteroatoms. The van der Waals surface area contributed by atoms with Crippen molar-refractivity contribution in [3.05, 3.63) is 35.4 Å². The summed E-state index contributed by atoms with van der Waals surface area (Å²) in [5.74, 6) is 0. The van der Waals surface area contributed by atoms with E-state index in [2.05, 4.69) is 60.3 Å². The second kappa shape index (κ2) is 8.52. The quantitative estimate of drug-likeness (QED) is 0.794. The Hall–Kier alpha value is -0.900. The van der Waals surface area contributed by atoms with Crippen LogP contribution in [0.2, 0.25) is 0 Å². The Kier molecular flexibility index (Phi) is 6.68. The van der Waals surface area contributed by atoms with Crippen LogP contribution in [0.4, 0.5) is 0 Å². The van der Waals surface area contributed by atoms with E-state index >= 15 is 0 Å². The molecule has 3 nitrogen and oxygen atoms in total. The monoisotopic (exact) mass is 289 g/mol. The van der Waals surface area contributed by atoms with Crippen molar-refractivity contribution in [2.45, 2.75) is 45.8 Å². The van der Waals surface area contributed by atoms with Crippen molar-refractivity contribution in [2.24, 2.45) is 0 Å². The molecule has 1 atom stereocenters. The Morgan fingerprint density at radius 3 is 2.57 bits per heavy atom. The summed E-state index contributed by atoms with van der Waals surface area (Å²) < 4.78 is 0. The predicted octanol–water partition coefficient (Wildman–Crippen LogP) is 2.71. The lowest BCUT2D eigenvalue weighted by atomic mass is 10.1. The number of benzene rings is 1. The smallest absolute Gasteiger partial charge is 0.0231 e. The lowest BCUT2D eigenvalue weighted by molar-refractivity contribution is 0.195. The Balaban J connectivity index is 1.80. The summed E-state index contributed by atoms with van der Waals surface area (Å²) in [5.41, 5.74) is 2.79. The first-order chi connectivity index (χ1) is 10.2. The number of likely N-dealkylation sites (tertiary alicyclic amines) is 1. The number of nitrogens with zero attached hydrogens (tertiary/aromatic N) is 2. The van der Waals surface area contributed by atoms with Gasteiger partial charge in [-0.05, 0) is 50.7 Å². The van der Waals surface area contributed by atoms with E-state index in [-0.39, 0.29) is 0 Å². The number of nitrogens with one attached hydrogen (secondary N) is 1. The number of likely N-dealkylation sites (N-methyl/N-ethyl adjacent to an activating group) is 2. The zero-order valence-electron chi connectivity index (χ0n) is 13.9. The molecule has 0 amide bonds. The van der Waals surface area contributed by atoms with Gasteiger partial charge in [0.25, 0.3) is 0 Å². The van der Waals surface area contributed by atoms with E-state index in [0.29, 0.717) is 0 Å². The number of rotatable bonds is 8. The van der Waals surface area contributed by atoms with E-state index in [1.807, 2.05) is 0 Å². The lowest BCUT2D eigenvalue weighted by Gasteiger charge is -2.27. The second-order valence-electron chi connectivity index (χ2n) is 6.22. The van der Waals surface area contributed by atoms with Crippen LogP contribution < -0.4 is 5.32 Å². The van der Waals surface area contributed by atoms with Gasteiger partial charge >= 0.3 is 0 Å². The van der Waals surface area contributed by atoms with Crippen molar-refractivity contribution in [1.29, 1.82) is 0 Å². The van der Waals surface area contributed by atoms with Crippen LogP contribution in [0.1, 0.15) is 37.8 Å². The van der Waals surface area contributed by atoms with Gasteiger partial charge in [0.05, 0.1) is 0 Å². The van der Waals surface area contributed by atoms with Crippen molar-refractivity contribution in [3.63, 3.8) is 0 Å². The minimum absolute atomic E-state index is 0.757. The van der Waals surface area contributed by atoms with Gasteiger partial charge < -0.3 is 10.2 Å². The van der Waals surface area contributed by atoms with Crippen molar-refractivity contribution >= 4 is 0 Å². The van der Waals surface area contributed by atoms with Crippen LogP contribution in [0.3, 0.4) is 0 Å². The summed E-state index contributed by atoms with van der Waals surface area (Å²) in [4.78, 5) is 5.09. The molecule has 0 bridgehead atoms. The summed E-state index contributed by atoms with van der Waals surface area (Å²) in [6.07, 6.45) is 2.73. The van der Waals surface area contributed by atoms with Crippen molar-refractivity contribution in [1.82, 2.24) is 15.1 Å². The predicted molar refractivity (Wildman–Crippen MR) is 90.4 cm³/mol. The molecule has 2 rings (SSSR count). The molecule has 1 heterocycles. The average molecular weight is 289 g/mol. The van der Waals surface area contributed by atoms with E-state index in [1.54, 1.807) is 0 Å². The summed E-state index contributed by atoms with van der Waals surface area (Å²) in [6.45, 7) is 11.1. The van der Waals surface area contributed by atoms with Gasteiger partial charge in [0, 0.05) is 25.7 Å². The molecule has 1 saturated heterocycles. The fourth-order valence-electron chi connectivity index (χ4n) is 3.29. The van der Waals surface area contributed by atoms with Gasteiger partial charge in [-0.1, -0.05) is 38.1 Å². The van der Waals surface area contributed by atoms with Crippen LogP contribution >= 0.6 is 0 Å². The Morgan fingerprint density at radius 1 is 1.19 bits per heavy atom. The highest BCUT2D eigenvalue weighted by Gasteiger charge is 2.23. The minimum Gasteiger partial charge on any atom is -0.313 e. The Morgan fingerprint density at radius 2 is 1.90 bits per heavy atom. The maximum absolute atomic E-state index is 3.37. The molecule has 21 heavy (non-hydrogen) atoms. The molecule has 0 radical (unpaired) electrons. The molecule has 0 aromatic heterocycles. The van der Waals surface area contributed by atoms with Gasteiger partial charge in [-0.2, -0.15) is 0 Å². The molecular formula is C18H31N3. The zero-order valence-corrected chi connectivity index (χ0v) is 13.9. The van der Waals surface area contributed by atoms with Gasteiger partial charge in [-0.15, -0.1) is 0 Å². The minimum atomic E-state index is 0.757. The van der Waals surface area contributed by atoms with Crippen molar-refractivity contribution in [2.75, 3.05) is 33.2 Å². The highest BCUT2D eigenvalue weighted by Crippen LogP contribution is 2.18. The van der Waals surface area contributed by atoms with E-state index in [4.69, 9.17) is 0 Å². The third kappa shape index (κ3) is 5.10. The summed E-state index contributed by atoms with van der Waals surface area (Å²) >= 11 is 0. The van der Waals surface area contributed by atoms with E-state index in [9.17, 15) is 0 Å². The third-order valence-electron chi connectivity index (χ3n) is 4.48. The van der Waals surface area contributed by atoms with Gasteiger partial charge in [0.2, 0.25) is 0 Å². The van der Waals surface area contributed by atoms with E-state index < -0.39 is 0 Å². The van der Waals surface area contributed by atoms with E-state index in [1.165, 1.54) is 43.6 Å². The van der Waals surface area contributed by atoms with Crippen LogP contribution in [-0.4, -0.2) is 49.1 Å². The average Bonchev–Trinajstić information content (AvgIpc) is 2.93. The van der Waals surface area contributed by atoms with Gasteiger partial charge in [0.15, 0.2) is 0 Å². The SMILES string of the molecule is CCNCc1ccc(CN(C)CC2CCCN2CC)cc1.